The molecule has 4 atom stereocenters. The van der Waals surface area contributed by atoms with Gasteiger partial charge in [-0.3, -0.25) is 4.79 Å². The van der Waals surface area contributed by atoms with E-state index < -0.39 is 17.7 Å². The minimum Gasteiger partial charge on any atom is -0.464 e. The lowest BCUT2D eigenvalue weighted by atomic mass is 9.88. The molecule has 0 aromatic heterocycles. The van der Waals surface area contributed by atoms with Crippen LogP contribution in [0.15, 0.2) is 24.8 Å². The molecule has 0 spiro atoms. The summed E-state index contributed by atoms with van der Waals surface area (Å²) in [5.74, 6) is 0.0693. The van der Waals surface area contributed by atoms with E-state index in [4.69, 9.17) is 4.74 Å². The molecule has 29 heavy (non-hydrogen) atoms. The Kier molecular flexibility index (Phi) is 12.1. The Labute approximate surface area is 176 Å². The Morgan fingerprint density at radius 2 is 2.07 bits per heavy atom. The third kappa shape index (κ3) is 9.26. The fourth-order valence-electron chi connectivity index (χ4n) is 3.99. The average molecular weight is 409 g/mol. The highest BCUT2D eigenvalue weighted by Gasteiger charge is 2.32. The van der Waals surface area contributed by atoms with Gasteiger partial charge in [0.1, 0.15) is 5.78 Å². The first-order valence-corrected chi connectivity index (χ1v) is 11.3. The molecule has 0 radical (unpaired) electrons. The summed E-state index contributed by atoms with van der Waals surface area (Å²) in [6.45, 7) is 7.87. The van der Waals surface area contributed by atoms with Gasteiger partial charge < -0.3 is 14.9 Å². The maximum Gasteiger partial charge on any atom is 0.334 e. The normalized spacial score (nSPS) is 22.6. The number of carbonyl (C=O) groups is 2. The summed E-state index contributed by atoms with van der Waals surface area (Å²) in [5, 5.41) is 20.3. The summed E-state index contributed by atoms with van der Waals surface area (Å²) in [5.41, 5.74) is -0.857. The zero-order valence-corrected chi connectivity index (χ0v) is 18.3. The molecule has 2 unspecified atom stereocenters. The van der Waals surface area contributed by atoms with Crippen LogP contribution in [0.4, 0.5) is 0 Å². The van der Waals surface area contributed by atoms with E-state index in [1.165, 1.54) is 0 Å². The second kappa shape index (κ2) is 13.7. The first-order chi connectivity index (χ1) is 13.9. The van der Waals surface area contributed by atoms with Crippen molar-refractivity contribution in [3.8, 4) is 0 Å². The zero-order valence-electron chi connectivity index (χ0n) is 18.3. The lowest BCUT2D eigenvalue weighted by molar-refractivity contribution is -0.153. The molecule has 5 nitrogen and oxygen atoms in total. The van der Waals surface area contributed by atoms with E-state index in [2.05, 4.69) is 19.6 Å². The molecular formula is C24H40O5. The SMILES string of the molecule is C=CC(O)(CC=C[C@H]1CCC(=O)[C@@H]1CCCCCC(O)C(=O)OCC)CCCC. The molecule has 1 fully saturated rings. The highest BCUT2D eigenvalue weighted by Crippen LogP contribution is 2.34. The van der Waals surface area contributed by atoms with E-state index in [0.29, 0.717) is 31.5 Å². The number of rotatable bonds is 15. The van der Waals surface area contributed by atoms with Gasteiger partial charge in [0, 0.05) is 12.3 Å². The predicted molar refractivity (Wildman–Crippen MR) is 115 cm³/mol. The van der Waals surface area contributed by atoms with Crippen LogP contribution in [0.2, 0.25) is 0 Å². The number of ketones is 1. The van der Waals surface area contributed by atoms with Gasteiger partial charge in [-0.2, -0.15) is 0 Å². The van der Waals surface area contributed by atoms with E-state index in [9.17, 15) is 19.8 Å². The van der Waals surface area contributed by atoms with Crippen molar-refractivity contribution in [3.63, 3.8) is 0 Å². The monoisotopic (exact) mass is 408 g/mol. The van der Waals surface area contributed by atoms with Gasteiger partial charge >= 0.3 is 5.97 Å². The number of esters is 1. The fourth-order valence-corrected chi connectivity index (χ4v) is 3.99. The van der Waals surface area contributed by atoms with Gasteiger partial charge in [0.15, 0.2) is 6.10 Å². The number of allylic oxidation sites excluding steroid dienone is 1. The number of hydrogen-bond acceptors (Lipinski definition) is 5. The molecule has 166 valence electrons. The van der Waals surface area contributed by atoms with Crippen molar-refractivity contribution >= 4 is 11.8 Å². The second-order valence-corrected chi connectivity index (χ2v) is 8.22. The maximum absolute atomic E-state index is 12.3. The van der Waals surface area contributed by atoms with Crippen molar-refractivity contribution in [2.75, 3.05) is 6.61 Å². The molecule has 1 aliphatic carbocycles. The predicted octanol–water partition coefficient (Wildman–Crippen LogP) is 4.51. The standard InChI is InChI=1S/C24H40O5/c1-4-7-17-24(28,5-2)18-11-12-19-15-16-21(25)20(19)13-9-8-10-14-22(26)23(27)29-6-3/h5,11-12,19-20,22,26,28H,2,4,6-10,13-18H2,1,3H3/t19-,20+,22?,24?/m0/s1. The van der Waals surface area contributed by atoms with E-state index in [1.807, 2.05) is 6.08 Å². The van der Waals surface area contributed by atoms with Gasteiger partial charge in [-0.1, -0.05) is 57.3 Å². The molecule has 0 amide bonds. The molecule has 1 saturated carbocycles. The van der Waals surface area contributed by atoms with Crippen molar-refractivity contribution in [3.05, 3.63) is 24.8 Å². The molecule has 0 aromatic rings. The molecule has 0 aromatic carbocycles. The molecule has 2 N–H and O–H groups in total. The van der Waals surface area contributed by atoms with Crippen molar-refractivity contribution in [1.29, 1.82) is 0 Å². The molecule has 5 heteroatoms. The topological polar surface area (TPSA) is 83.8 Å². The smallest absolute Gasteiger partial charge is 0.334 e. The lowest BCUT2D eigenvalue weighted by Gasteiger charge is -2.23. The van der Waals surface area contributed by atoms with Crippen LogP contribution in [-0.2, 0) is 14.3 Å². The molecule has 0 heterocycles. The summed E-state index contributed by atoms with van der Waals surface area (Å²) in [7, 11) is 0. The van der Waals surface area contributed by atoms with Crippen molar-refractivity contribution < 1.29 is 24.5 Å². The quantitative estimate of drug-likeness (QED) is 0.237. The number of unbranched alkanes of at least 4 members (excludes halogenated alkanes) is 3. The first-order valence-electron chi connectivity index (χ1n) is 11.3. The van der Waals surface area contributed by atoms with E-state index in [1.54, 1.807) is 13.0 Å². The number of Topliss-reactive ketones (excluding diaryl/α,β-unsaturated/α-hetero) is 1. The van der Waals surface area contributed by atoms with Crippen LogP contribution in [0.25, 0.3) is 0 Å². The maximum atomic E-state index is 12.3. The van der Waals surface area contributed by atoms with Crippen LogP contribution in [0.3, 0.4) is 0 Å². The Hall–Kier alpha value is -1.46. The molecule has 0 bridgehead atoms. The van der Waals surface area contributed by atoms with Crippen molar-refractivity contribution in [2.24, 2.45) is 11.8 Å². The van der Waals surface area contributed by atoms with E-state index >= 15 is 0 Å². The summed E-state index contributed by atoms with van der Waals surface area (Å²) in [6, 6.07) is 0. The number of hydrogen-bond donors (Lipinski definition) is 2. The molecule has 0 saturated heterocycles. The highest BCUT2D eigenvalue weighted by atomic mass is 16.5. The number of carbonyl (C=O) groups excluding carboxylic acids is 2. The summed E-state index contributed by atoms with van der Waals surface area (Å²) in [4.78, 5) is 23.7. The molecule has 1 rings (SSSR count). The lowest BCUT2D eigenvalue weighted by Crippen LogP contribution is -2.24. The minimum atomic E-state index is -1.05. The fraction of sp³-hybridized carbons (Fsp3) is 0.750. The molecule has 1 aliphatic rings. The first kappa shape index (κ1) is 25.6. The average Bonchev–Trinajstić information content (AvgIpc) is 3.05. The Balaban J connectivity index is 2.39. The van der Waals surface area contributed by atoms with Gasteiger partial charge in [-0.05, 0) is 44.9 Å². The number of aliphatic hydroxyl groups excluding tert-OH is 1. The molecular weight excluding hydrogens is 368 g/mol. The Morgan fingerprint density at radius 1 is 1.31 bits per heavy atom. The Morgan fingerprint density at radius 3 is 2.72 bits per heavy atom. The van der Waals surface area contributed by atoms with Crippen LogP contribution in [0, 0.1) is 11.8 Å². The summed E-state index contributed by atoms with van der Waals surface area (Å²) in [6.07, 6.45) is 13.2. The van der Waals surface area contributed by atoms with Crippen molar-refractivity contribution in [2.45, 2.75) is 96.2 Å². The Bertz CT molecular complexity index is 541. The third-order valence-corrected chi connectivity index (χ3v) is 5.90. The minimum absolute atomic E-state index is 0.0497. The van der Waals surface area contributed by atoms with Crippen LogP contribution in [-0.4, -0.2) is 40.3 Å². The van der Waals surface area contributed by atoms with Gasteiger partial charge in [0.05, 0.1) is 12.2 Å². The van der Waals surface area contributed by atoms with Crippen LogP contribution >= 0.6 is 0 Å². The van der Waals surface area contributed by atoms with Gasteiger partial charge in [0.2, 0.25) is 0 Å². The second-order valence-electron chi connectivity index (χ2n) is 8.22. The largest absolute Gasteiger partial charge is 0.464 e. The van der Waals surface area contributed by atoms with Crippen LogP contribution < -0.4 is 0 Å². The van der Waals surface area contributed by atoms with Gasteiger partial charge in [0.25, 0.3) is 0 Å². The zero-order chi connectivity index (χ0) is 21.7. The van der Waals surface area contributed by atoms with E-state index in [-0.39, 0.29) is 18.4 Å². The summed E-state index contributed by atoms with van der Waals surface area (Å²) >= 11 is 0. The number of aliphatic hydroxyl groups is 2. The highest BCUT2D eigenvalue weighted by molar-refractivity contribution is 5.83. The van der Waals surface area contributed by atoms with Gasteiger partial charge in [-0.25, -0.2) is 4.79 Å². The van der Waals surface area contributed by atoms with E-state index in [0.717, 1.165) is 44.9 Å². The van der Waals surface area contributed by atoms with Crippen LogP contribution in [0.1, 0.15) is 84.5 Å². The van der Waals surface area contributed by atoms with Gasteiger partial charge in [-0.15, -0.1) is 6.58 Å². The molecule has 0 aliphatic heterocycles. The summed E-state index contributed by atoms with van der Waals surface area (Å²) < 4.78 is 4.80. The number of ether oxygens (including phenoxy) is 1. The third-order valence-electron chi connectivity index (χ3n) is 5.90. The van der Waals surface area contributed by atoms with Crippen molar-refractivity contribution in [1.82, 2.24) is 0 Å². The van der Waals surface area contributed by atoms with Crippen LogP contribution in [0.5, 0.6) is 0 Å².